The molecule has 0 aliphatic carbocycles. The lowest BCUT2D eigenvalue weighted by Gasteiger charge is -2.14. The minimum absolute atomic E-state index is 0.139. The van der Waals surface area contributed by atoms with Crippen molar-refractivity contribution in [2.24, 2.45) is 0 Å². The van der Waals surface area contributed by atoms with E-state index in [2.05, 4.69) is 16.2 Å². The van der Waals surface area contributed by atoms with Gasteiger partial charge in [0.25, 0.3) is 0 Å². The van der Waals surface area contributed by atoms with Gasteiger partial charge in [-0.25, -0.2) is 0 Å². The summed E-state index contributed by atoms with van der Waals surface area (Å²) in [6, 6.07) is 10.7. The number of amides is 1. The lowest BCUT2D eigenvalue weighted by Crippen LogP contribution is -2.44. The number of carbonyl (C=O) groups is 1. The van der Waals surface area contributed by atoms with Gasteiger partial charge in [0, 0.05) is 0 Å². The summed E-state index contributed by atoms with van der Waals surface area (Å²) in [7, 11) is 1.57. The van der Waals surface area contributed by atoms with Crippen molar-refractivity contribution < 1.29 is 9.53 Å². The molecule has 3 N–H and O–H groups in total. The molecule has 8 heteroatoms. The van der Waals surface area contributed by atoms with Crippen molar-refractivity contribution >= 4 is 52.1 Å². The van der Waals surface area contributed by atoms with Gasteiger partial charge in [-0.05, 0) is 54.5 Å². The summed E-state index contributed by atoms with van der Waals surface area (Å²) >= 11 is 17.0. The number of thiocarbonyl (C=S) groups is 1. The first-order valence-corrected chi connectivity index (χ1v) is 8.50. The highest BCUT2D eigenvalue weighted by atomic mass is 35.5. The molecule has 0 aliphatic rings. The number of aryl methyl sites for hydroxylation is 1. The van der Waals surface area contributed by atoms with E-state index in [-0.39, 0.29) is 17.4 Å². The van der Waals surface area contributed by atoms with Crippen LogP contribution in [0.4, 0.5) is 5.69 Å². The van der Waals surface area contributed by atoms with Crippen LogP contribution in [0.2, 0.25) is 10.0 Å². The zero-order valence-corrected chi connectivity index (χ0v) is 16.0. The van der Waals surface area contributed by atoms with Gasteiger partial charge in [-0.2, -0.15) is 0 Å². The predicted molar refractivity (Wildman–Crippen MR) is 105 cm³/mol. The zero-order valence-electron chi connectivity index (χ0n) is 13.7. The predicted octanol–water partition coefficient (Wildman–Crippen LogP) is 3.87. The number of rotatable bonds is 4. The van der Waals surface area contributed by atoms with Crippen molar-refractivity contribution in [3.05, 3.63) is 57.6 Å². The van der Waals surface area contributed by atoms with E-state index in [9.17, 15) is 4.79 Å². The van der Waals surface area contributed by atoms with E-state index < -0.39 is 0 Å². The van der Waals surface area contributed by atoms with Crippen molar-refractivity contribution in [3.8, 4) is 5.75 Å². The number of nitrogens with one attached hydrogen (secondary N) is 3. The van der Waals surface area contributed by atoms with Crippen LogP contribution >= 0.6 is 35.4 Å². The lowest BCUT2D eigenvalue weighted by atomic mass is 10.1. The normalized spacial score (nSPS) is 10.1. The number of benzene rings is 2. The van der Waals surface area contributed by atoms with Crippen LogP contribution in [-0.4, -0.2) is 18.1 Å². The van der Waals surface area contributed by atoms with Crippen molar-refractivity contribution in [2.45, 2.75) is 13.3 Å². The Balaban J connectivity index is 1.88. The molecule has 0 aromatic heterocycles. The second-order valence-electron chi connectivity index (χ2n) is 5.26. The molecule has 0 saturated carbocycles. The lowest BCUT2D eigenvalue weighted by molar-refractivity contribution is -0.120. The van der Waals surface area contributed by atoms with Crippen LogP contribution < -0.4 is 20.9 Å². The first-order valence-electron chi connectivity index (χ1n) is 7.33. The maximum atomic E-state index is 12.0. The molecule has 2 rings (SSSR count). The Morgan fingerprint density at radius 2 is 1.88 bits per heavy atom. The highest BCUT2D eigenvalue weighted by Crippen LogP contribution is 2.25. The van der Waals surface area contributed by atoms with Crippen LogP contribution in [0.1, 0.15) is 11.1 Å². The molecule has 0 bridgehead atoms. The topological polar surface area (TPSA) is 62.4 Å². The first-order chi connectivity index (χ1) is 11.9. The summed E-state index contributed by atoms with van der Waals surface area (Å²) in [5, 5.41) is 4.07. The van der Waals surface area contributed by atoms with Gasteiger partial charge in [0.1, 0.15) is 5.75 Å². The summed E-state index contributed by atoms with van der Waals surface area (Å²) in [4.78, 5) is 12.0. The summed E-state index contributed by atoms with van der Waals surface area (Å²) in [6.07, 6.45) is 0.139. The summed E-state index contributed by atoms with van der Waals surface area (Å²) in [5.74, 6) is 0.385. The highest BCUT2D eigenvalue weighted by molar-refractivity contribution is 7.80. The standard InChI is InChI=1S/C17H17Cl2N3O2S/c1-10-3-6-15(24-2)14(7-10)20-17(25)22-21-16(23)9-11-4-5-12(18)13(19)8-11/h3-8H,9H2,1-2H3,(H,21,23)(H2,20,22,25). The average Bonchev–Trinajstić information content (AvgIpc) is 2.57. The number of hydrogen-bond donors (Lipinski definition) is 3. The molecule has 0 fully saturated rings. The van der Waals surface area contributed by atoms with E-state index in [1.807, 2.05) is 25.1 Å². The molecule has 0 radical (unpaired) electrons. The maximum absolute atomic E-state index is 12.0. The number of methoxy groups -OCH3 is 1. The van der Waals surface area contributed by atoms with Crippen LogP contribution in [-0.2, 0) is 11.2 Å². The highest BCUT2D eigenvalue weighted by Gasteiger charge is 2.08. The molecule has 0 heterocycles. The minimum atomic E-state index is -0.265. The number of halogens is 2. The van der Waals surface area contributed by atoms with Crippen LogP contribution in [0.5, 0.6) is 5.75 Å². The van der Waals surface area contributed by atoms with Crippen LogP contribution in [0.25, 0.3) is 0 Å². The molecule has 0 saturated heterocycles. The van der Waals surface area contributed by atoms with Gasteiger partial charge in [-0.1, -0.05) is 35.3 Å². The molecule has 0 atom stereocenters. The Bertz CT molecular complexity index is 799. The van der Waals surface area contributed by atoms with Gasteiger partial charge in [0.15, 0.2) is 5.11 Å². The van der Waals surface area contributed by atoms with E-state index in [0.29, 0.717) is 21.5 Å². The molecule has 132 valence electrons. The quantitative estimate of drug-likeness (QED) is 0.539. The third kappa shape index (κ3) is 5.77. The van der Waals surface area contributed by atoms with E-state index >= 15 is 0 Å². The number of carbonyl (C=O) groups excluding carboxylic acids is 1. The van der Waals surface area contributed by atoms with Crippen molar-refractivity contribution in [2.75, 3.05) is 12.4 Å². The van der Waals surface area contributed by atoms with Crippen LogP contribution in [0.15, 0.2) is 36.4 Å². The Morgan fingerprint density at radius 3 is 2.56 bits per heavy atom. The van der Waals surface area contributed by atoms with E-state index in [4.69, 9.17) is 40.2 Å². The second-order valence-corrected chi connectivity index (χ2v) is 6.48. The summed E-state index contributed by atoms with van der Waals surface area (Å²) in [5.41, 5.74) is 7.68. The number of ether oxygens (including phenoxy) is 1. The zero-order chi connectivity index (χ0) is 18.4. The summed E-state index contributed by atoms with van der Waals surface area (Å²) < 4.78 is 5.27. The molecular formula is C17H17Cl2N3O2S. The molecule has 5 nitrogen and oxygen atoms in total. The Kier molecular flexibility index (Phi) is 6.87. The van der Waals surface area contributed by atoms with Crippen molar-refractivity contribution in [3.63, 3.8) is 0 Å². The Labute approximate surface area is 161 Å². The molecule has 2 aromatic rings. The van der Waals surface area contributed by atoms with E-state index in [1.165, 1.54) is 0 Å². The SMILES string of the molecule is COc1ccc(C)cc1NC(=S)NNC(=O)Cc1ccc(Cl)c(Cl)c1. The molecule has 1 amide bonds. The number of hydrogen-bond acceptors (Lipinski definition) is 3. The van der Waals surface area contributed by atoms with Crippen molar-refractivity contribution in [1.82, 2.24) is 10.9 Å². The molecule has 0 aliphatic heterocycles. The molecule has 25 heavy (non-hydrogen) atoms. The van der Waals surface area contributed by atoms with Gasteiger partial charge < -0.3 is 10.1 Å². The largest absolute Gasteiger partial charge is 0.495 e. The van der Waals surface area contributed by atoms with Gasteiger partial charge in [-0.3, -0.25) is 15.6 Å². The minimum Gasteiger partial charge on any atom is -0.495 e. The monoisotopic (exact) mass is 397 g/mol. The molecular weight excluding hydrogens is 381 g/mol. The van der Waals surface area contributed by atoms with E-state index in [0.717, 1.165) is 11.1 Å². The Morgan fingerprint density at radius 1 is 1.12 bits per heavy atom. The molecule has 2 aromatic carbocycles. The maximum Gasteiger partial charge on any atom is 0.242 e. The van der Waals surface area contributed by atoms with Crippen LogP contribution in [0.3, 0.4) is 0 Å². The fourth-order valence-electron chi connectivity index (χ4n) is 2.08. The second kappa shape index (κ2) is 8.89. The Hall–Kier alpha value is -2.02. The van der Waals surface area contributed by atoms with Gasteiger partial charge in [-0.15, -0.1) is 0 Å². The van der Waals surface area contributed by atoms with Crippen LogP contribution in [0, 0.1) is 6.92 Å². The van der Waals surface area contributed by atoms with Gasteiger partial charge in [0.05, 0.1) is 29.3 Å². The van der Waals surface area contributed by atoms with Gasteiger partial charge >= 0.3 is 0 Å². The van der Waals surface area contributed by atoms with Crippen molar-refractivity contribution in [1.29, 1.82) is 0 Å². The third-order valence-electron chi connectivity index (χ3n) is 3.27. The fourth-order valence-corrected chi connectivity index (χ4v) is 2.56. The number of anilines is 1. The smallest absolute Gasteiger partial charge is 0.242 e. The van der Waals surface area contributed by atoms with E-state index in [1.54, 1.807) is 25.3 Å². The van der Waals surface area contributed by atoms with Gasteiger partial charge in [0.2, 0.25) is 5.91 Å². The average molecular weight is 398 g/mol. The fraction of sp³-hybridized carbons (Fsp3) is 0.176. The summed E-state index contributed by atoms with van der Waals surface area (Å²) in [6.45, 7) is 1.96. The number of hydrazine groups is 1. The third-order valence-corrected chi connectivity index (χ3v) is 4.21. The first kappa shape index (κ1) is 19.3. The molecule has 0 unspecified atom stereocenters. The molecule has 0 spiro atoms.